The largest absolute Gasteiger partial charge is 0.414 e. The van der Waals surface area contributed by atoms with Crippen LogP contribution in [0, 0.1) is 23.3 Å². The maximum Gasteiger partial charge on any atom is 0.192 e. The average Bonchev–Trinajstić information content (AvgIpc) is 2.85. The summed E-state index contributed by atoms with van der Waals surface area (Å²) < 4.78 is 35.0. The van der Waals surface area contributed by atoms with Gasteiger partial charge in [0.2, 0.25) is 0 Å². The quantitative estimate of drug-likeness (QED) is 0.314. The summed E-state index contributed by atoms with van der Waals surface area (Å²) in [5, 5.41) is 24.4. The van der Waals surface area contributed by atoms with Crippen LogP contribution in [0.5, 0.6) is 0 Å². The summed E-state index contributed by atoms with van der Waals surface area (Å²) in [6.07, 6.45) is -2.28. The van der Waals surface area contributed by atoms with Gasteiger partial charge in [-0.15, -0.1) is 11.5 Å². The first kappa shape index (κ1) is 33.0. The van der Waals surface area contributed by atoms with Gasteiger partial charge in [-0.25, -0.2) is 8.42 Å². The Morgan fingerprint density at radius 3 is 1.90 bits per heavy atom. The zero-order chi connectivity index (χ0) is 30.4. The number of benzene rings is 2. The van der Waals surface area contributed by atoms with E-state index in [0.29, 0.717) is 0 Å². The summed E-state index contributed by atoms with van der Waals surface area (Å²) in [6.45, 7) is 21.0. The standard InChI is InChI=1S/C31H48O5SSi3/c1-30(2,3)40(9,10)36-23-27(32)28-29(33)26(21-22-38(4,5)6)31(28,37(34,35)24-17-13-11-14-18-24)39(7,8)25-19-15-12-16-20-25/h11-20,26-29,32-33H,23H2,1-10H3/t26-,27-,28-,29-,31-/m1/s1. The zero-order valence-electron chi connectivity index (χ0n) is 25.8. The Labute approximate surface area is 245 Å². The van der Waals surface area contributed by atoms with Crippen molar-refractivity contribution in [2.45, 2.75) is 93.1 Å². The van der Waals surface area contributed by atoms with Crippen LogP contribution >= 0.6 is 0 Å². The van der Waals surface area contributed by atoms with E-state index in [1.807, 2.05) is 43.4 Å². The van der Waals surface area contributed by atoms with E-state index in [1.165, 1.54) is 0 Å². The minimum atomic E-state index is -4.09. The van der Waals surface area contributed by atoms with Crippen molar-refractivity contribution in [1.82, 2.24) is 0 Å². The van der Waals surface area contributed by atoms with Crippen LogP contribution in [0.15, 0.2) is 65.6 Å². The molecule has 9 heteroatoms. The molecule has 1 fully saturated rings. The summed E-state index contributed by atoms with van der Waals surface area (Å²) in [6, 6.07) is 18.2. The van der Waals surface area contributed by atoms with Gasteiger partial charge in [0.25, 0.3) is 0 Å². The van der Waals surface area contributed by atoms with Gasteiger partial charge in [-0.1, -0.05) is 107 Å². The molecule has 1 aliphatic carbocycles. The second-order valence-electron chi connectivity index (χ2n) is 14.3. The molecule has 0 radical (unpaired) electrons. The Morgan fingerprint density at radius 1 is 0.925 bits per heavy atom. The van der Waals surface area contributed by atoms with Gasteiger partial charge < -0.3 is 14.6 Å². The molecule has 0 aromatic heterocycles. The van der Waals surface area contributed by atoms with Crippen molar-refractivity contribution in [3.63, 3.8) is 0 Å². The van der Waals surface area contributed by atoms with E-state index in [1.54, 1.807) is 30.3 Å². The molecule has 3 rings (SSSR count). The first-order chi connectivity index (χ1) is 18.2. The van der Waals surface area contributed by atoms with Gasteiger partial charge in [0.15, 0.2) is 18.2 Å². The van der Waals surface area contributed by atoms with E-state index in [4.69, 9.17) is 4.43 Å². The van der Waals surface area contributed by atoms with E-state index < -0.39 is 62.7 Å². The lowest BCUT2D eigenvalue weighted by Gasteiger charge is -2.63. The highest BCUT2D eigenvalue weighted by Gasteiger charge is 2.76. The maximum atomic E-state index is 15.0. The molecule has 2 N–H and O–H groups in total. The molecule has 0 saturated heterocycles. The van der Waals surface area contributed by atoms with Crippen molar-refractivity contribution in [2.75, 3.05) is 6.61 Å². The maximum absolute atomic E-state index is 15.0. The molecular weight excluding hydrogens is 569 g/mol. The normalized spacial score (nSPS) is 24.9. The van der Waals surface area contributed by atoms with E-state index >= 15 is 8.42 Å². The van der Waals surface area contributed by atoms with Crippen LogP contribution in [0.25, 0.3) is 0 Å². The van der Waals surface area contributed by atoms with Crippen LogP contribution in [0.3, 0.4) is 0 Å². The van der Waals surface area contributed by atoms with Crippen LogP contribution < -0.4 is 5.19 Å². The van der Waals surface area contributed by atoms with Crippen molar-refractivity contribution < 1.29 is 23.1 Å². The molecule has 1 saturated carbocycles. The Balaban J connectivity index is 2.32. The zero-order valence-corrected chi connectivity index (χ0v) is 29.6. The fourth-order valence-corrected chi connectivity index (χ4v) is 16.6. The fraction of sp³-hybridized carbons (Fsp3) is 0.548. The molecule has 0 bridgehead atoms. The van der Waals surface area contributed by atoms with Gasteiger partial charge in [0.05, 0.1) is 34.0 Å². The predicted molar refractivity (Wildman–Crippen MR) is 173 cm³/mol. The van der Waals surface area contributed by atoms with Gasteiger partial charge in [-0.3, -0.25) is 0 Å². The van der Waals surface area contributed by atoms with Crippen molar-refractivity contribution >= 4 is 39.5 Å². The molecule has 2 aromatic carbocycles. The van der Waals surface area contributed by atoms with Crippen LogP contribution in [0.4, 0.5) is 0 Å². The SMILES string of the molecule is CC(C)(C)[Si](C)(C)OC[C@@H](O)[C@@H]1[C@H](O)[C@@H](C#C[Si](C)(C)C)[C@]1([Si](C)(C)c1ccccc1)S(=O)(=O)c1ccccc1. The Hall–Kier alpha value is -1.52. The second-order valence-corrected chi connectivity index (χ2v) is 31.0. The summed E-state index contributed by atoms with van der Waals surface area (Å²) in [7, 11) is -11.3. The first-order valence-corrected chi connectivity index (χ1v) is 25.0. The molecule has 0 aliphatic heterocycles. The third-order valence-electron chi connectivity index (χ3n) is 9.08. The van der Waals surface area contributed by atoms with Crippen molar-refractivity contribution in [3.8, 4) is 11.5 Å². The molecule has 220 valence electrons. The molecule has 1 aliphatic rings. The molecule has 2 aromatic rings. The fourth-order valence-electron chi connectivity index (χ4n) is 5.78. The molecule has 5 nitrogen and oxygen atoms in total. The monoisotopic (exact) mass is 616 g/mol. The van der Waals surface area contributed by atoms with Gasteiger partial charge in [0, 0.05) is 5.92 Å². The minimum Gasteiger partial charge on any atom is -0.414 e. The smallest absolute Gasteiger partial charge is 0.192 e. The van der Waals surface area contributed by atoms with Gasteiger partial charge in [0.1, 0.15) is 16.1 Å². The lowest BCUT2D eigenvalue weighted by molar-refractivity contribution is -0.102. The number of hydrogen-bond acceptors (Lipinski definition) is 5. The summed E-state index contributed by atoms with van der Waals surface area (Å²) >= 11 is 0. The molecule has 0 heterocycles. The molecule has 40 heavy (non-hydrogen) atoms. The number of hydrogen-bond donors (Lipinski definition) is 2. The topological polar surface area (TPSA) is 83.8 Å². The third kappa shape index (κ3) is 5.74. The third-order valence-corrected chi connectivity index (χ3v) is 23.5. The molecule has 0 unspecified atom stereocenters. The number of aliphatic hydroxyl groups is 2. The second kappa shape index (κ2) is 11.3. The van der Waals surface area contributed by atoms with Crippen molar-refractivity contribution in [2.24, 2.45) is 11.8 Å². The Bertz CT molecular complexity index is 1340. The molecular formula is C31H48O5SSi3. The van der Waals surface area contributed by atoms with Crippen LogP contribution in [0.1, 0.15) is 20.8 Å². The van der Waals surface area contributed by atoms with E-state index in [0.717, 1.165) is 5.19 Å². The van der Waals surface area contributed by atoms with Gasteiger partial charge in [-0.2, -0.15) is 0 Å². The predicted octanol–water partition coefficient (Wildman–Crippen LogP) is 5.22. The first-order valence-electron chi connectivity index (χ1n) is 14.1. The Morgan fingerprint density at radius 2 is 1.43 bits per heavy atom. The highest BCUT2D eigenvalue weighted by Crippen LogP contribution is 2.58. The van der Waals surface area contributed by atoms with Crippen LogP contribution in [-0.4, -0.2) is 66.3 Å². The lowest BCUT2D eigenvalue weighted by atomic mass is 9.68. The highest BCUT2D eigenvalue weighted by atomic mass is 32.2. The summed E-state index contributed by atoms with van der Waals surface area (Å²) in [5.41, 5.74) is 3.37. The highest BCUT2D eigenvalue weighted by molar-refractivity contribution is 7.95. The van der Waals surface area contributed by atoms with Gasteiger partial charge >= 0.3 is 0 Å². The van der Waals surface area contributed by atoms with Crippen LogP contribution in [-0.2, 0) is 14.3 Å². The summed E-state index contributed by atoms with van der Waals surface area (Å²) in [4.78, 5) is 0.195. The van der Waals surface area contributed by atoms with Crippen molar-refractivity contribution in [3.05, 3.63) is 60.7 Å². The molecule has 0 spiro atoms. The van der Waals surface area contributed by atoms with Crippen LogP contribution in [0.2, 0.25) is 50.9 Å². The Kier molecular flexibility index (Phi) is 9.31. The average molecular weight is 617 g/mol. The van der Waals surface area contributed by atoms with Crippen molar-refractivity contribution in [1.29, 1.82) is 0 Å². The van der Waals surface area contributed by atoms with E-state index in [9.17, 15) is 10.2 Å². The lowest BCUT2D eigenvalue weighted by Crippen LogP contribution is -2.84. The minimum absolute atomic E-state index is 0.0300. The number of rotatable bonds is 8. The molecule has 5 atom stereocenters. The summed E-state index contributed by atoms with van der Waals surface area (Å²) in [5.74, 6) is 1.52. The number of sulfone groups is 1. The number of aliphatic hydroxyl groups excluding tert-OH is 2. The van der Waals surface area contributed by atoms with Gasteiger partial charge in [-0.05, 0) is 30.3 Å². The molecule has 0 amide bonds. The van der Waals surface area contributed by atoms with E-state index in [2.05, 4.69) is 65.0 Å². The van der Waals surface area contributed by atoms with E-state index in [-0.39, 0.29) is 16.5 Å².